The second kappa shape index (κ2) is 10.6. The maximum absolute atomic E-state index is 13.3. The summed E-state index contributed by atoms with van der Waals surface area (Å²) in [7, 11) is 1.32. The van der Waals surface area contributed by atoms with Crippen LogP contribution in [0.3, 0.4) is 0 Å². The number of fused-ring (bicyclic) bond motifs is 2. The van der Waals surface area contributed by atoms with Gasteiger partial charge in [0, 0.05) is 23.2 Å². The molecule has 1 aliphatic heterocycles. The predicted octanol–water partition coefficient (Wildman–Crippen LogP) is 4.65. The summed E-state index contributed by atoms with van der Waals surface area (Å²) < 4.78 is 51.0. The number of carbonyl (C=O) groups excluding carboxylic acids is 2. The van der Waals surface area contributed by atoms with Crippen LogP contribution < -0.4 is 20.7 Å². The van der Waals surface area contributed by atoms with Crippen molar-refractivity contribution in [2.24, 2.45) is 5.73 Å². The largest absolute Gasteiger partial charge is 0.494 e. The molecule has 0 saturated carbocycles. The molecule has 40 heavy (non-hydrogen) atoms. The van der Waals surface area contributed by atoms with Gasteiger partial charge in [0.2, 0.25) is 11.8 Å². The number of methoxy groups -OCH3 is 1. The van der Waals surface area contributed by atoms with E-state index in [1.165, 1.54) is 19.2 Å². The van der Waals surface area contributed by atoms with Crippen LogP contribution in [0, 0.1) is 0 Å². The lowest BCUT2D eigenvalue weighted by atomic mass is 10.0. The number of aryl methyl sites for hydroxylation is 1. The van der Waals surface area contributed by atoms with E-state index in [2.05, 4.69) is 15.3 Å². The number of nitrogens with zero attached hydrogens (tertiary/aromatic N) is 3. The van der Waals surface area contributed by atoms with Gasteiger partial charge in [-0.25, -0.2) is 9.97 Å². The second-order valence-electron chi connectivity index (χ2n) is 9.39. The Kier molecular flexibility index (Phi) is 7.19. The smallest absolute Gasteiger partial charge is 0.433 e. The minimum Gasteiger partial charge on any atom is -0.494 e. The van der Waals surface area contributed by atoms with Crippen LogP contribution in [0.1, 0.15) is 46.9 Å². The molecule has 1 atom stereocenters. The zero-order valence-corrected chi connectivity index (χ0v) is 21.7. The Bertz CT molecular complexity index is 1600. The van der Waals surface area contributed by atoms with Crippen LogP contribution >= 0.6 is 0 Å². The number of hydrogen-bond acceptors (Lipinski definition) is 7. The van der Waals surface area contributed by atoms with Crippen molar-refractivity contribution < 1.29 is 31.9 Å². The first-order valence-electron chi connectivity index (χ1n) is 12.6. The van der Waals surface area contributed by atoms with Crippen LogP contribution in [0.2, 0.25) is 0 Å². The minimum absolute atomic E-state index is 0.0389. The van der Waals surface area contributed by atoms with E-state index in [-0.39, 0.29) is 46.4 Å². The number of amides is 2. The lowest BCUT2D eigenvalue weighted by Crippen LogP contribution is -2.42. The molecule has 5 rings (SSSR count). The highest BCUT2D eigenvalue weighted by molar-refractivity contribution is 6.01. The normalized spacial score (nSPS) is 14.1. The van der Waals surface area contributed by atoms with Crippen LogP contribution in [0.25, 0.3) is 22.4 Å². The number of alkyl halides is 3. The molecular formula is C28H26F3N5O4. The molecule has 0 unspecified atom stereocenters. The molecule has 0 spiro atoms. The molecule has 3 N–H and O–H groups in total. The van der Waals surface area contributed by atoms with Crippen molar-refractivity contribution in [3.8, 4) is 17.2 Å². The summed E-state index contributed by atoms with van der Waals surface area (Å²) in [6.45, 7) is 1.86. The van der Waals surface area contributed by atoms with E-state index < -0.39 is 23.8 Å². The molecule has 0 fully saturated rings. The summed E-state index contributed by atoms with van der Waals surface area (Å²) in [5.41, 5.74) is 6.97. The van der Waals surface area contributed by atoms with Gasteiger partial charge < -0.3 is 25.1 Å². The van der Waals surface area contributed by atoms with Gasteiger partial charge in [0.1, 0.15) is 17.0 Å². The number of oxazole rings is 1. The molecule has 0 bridgehead atoms. The fourth-order valence-corrected chi connectivity index (χ4v) is 4.75. The van der Waals surface area contributed by atoms with Crippen molar-refractivity contribution in [2.45, 2.75) is 32.0 Å². The minimum atomic E-state index is -4.65. The maximum Gasteiger partial charge on any atom is 0.433 e. The molecule has 4 aromatic rings. The van der Waals surface area contributed by atoms with Crippen molar-refractivity contribution in [1.82, 2.24) is 15.3 Å². The topological polar surface area (TPSA) is 124 Å². The summed E-state index contributed by atoms with van der Waals surface area (Å²) in [5, 5.41) is 2.87. The number of nitrogens with two attached hydrogens (primary N) is 1. The van der Waals surface area contributed by atoms with Gasteiger partial charge >= 0.3 is 6.18 Å². The summed E-state index contributed by atoms with van der Waals surface area (Å²) in [4.78, 5) is 35.9. The number of rotatable bonds is 6. The third-order valence-corrected chi connectivity index (χ3v) is 6.65. The Morgan fingerprint density at radius 2 is 1.93 bits per heavy atom. The van der Waals surface area contributed by atoms with E-state index >= 15 is 0 Å². The van der Waals surface area contributed by atoms with Gasteiger partial charge in [0.05, 0.1) is 19.7 Å². The number of halogens is 3. The molecule has 208 valence electrons. The van der Waals surface area contributed by atoms with Crippen LogP contribution in [-0.4, -0.2) is 42.0 Å². The molecule has 1 aliphatic rings. The van der Waals surface area contributed by atoms with Crippen LogP contribution in [0.4, 0.5) is 18.9 Å². The van der Waals surface area contributed by atoms with Crippen molar-refractivity contribution in [2.75, 3.05) is 25.1 Å². The summed E-state index contributed by atoms with van der Waals surface area (Å²) in [6, 6.07) is 12.0. The average molecular weight is 554 g/mol. The van der Waals surface area contributed by atoms with E-state index in [0.29, 0.717) is 12.1 Å². The van der Waals surface area contributed by atoms with Crippen molar-refractivity contribution in [3.05, 3.63) is 71.2 Å². The monoisotopic (exact) mass is 553 g/mol. The van der Waals surface area contributed by atoms with Crippen molar-refractivity contribution in [1.29, 1.82) is 0 Å². The highest BCUT2D eigenvalue weighted by Gasteiger charge is 2.33. The summed E-state index contributed by atoms with van der Waals surface area (Å²) in [5.74, 6) is -0.801. The summed E-state index contributed by atoms with van der Waals surface area (Å²) >= 11 is 0. The number of ether oxygens (including phenoxy) is 1. The van der Waals surface area contributed by atoms with Gasteiger partial charge in [-0.1, -0.05) is 18.2 Å². The molecule has 2 aromatic carbocycles. The van der Waals surface area contributed by atoms with Gasteiger partial charge in [0.25, 0.3) is 5.91 Å². The van der Waals surface area contributed by atoms with E-state index in [4.69, 9.17) is 14.9 Å². The third-order valence-electron chi connectivity index (χ3n) is 6.65. The Morgan fingerprint density at radius 1 is 1.15 bits per heavy atom. The maximum atomic E-state index is 13.3. The average Bonchev–Trinajstić information content (AvgIpc) is 3.40. The number of aromatic nitrogens is 2. The van der Waals surface area contributed by atoms with E-state index in [1.807, 2.05) is 24.3 Å². The van der Waals surface area contributed by atoms with Gasteiger partial charge in [-0.3, -0.25) is 9.59 Å². The van der Waals surface area contributed by atoms with Crippen LogP contribution in [0.15, 0.2) is 52.9 Å². The number of carbonyl (C=O) groups is 2. The van der Waals surface area contributed by atoms with Crippen molar-refractivity contribution >= 4 is 28.4 Å². The van der Waals surface area contributed by atoms with Gasteiger partial charge in [0.15, 0.2) is 11.5 Å². The first-order chi connectivity index (χ1) is 19.1. The Labute approximate surface area is 227 Å². The van der Waals surface area contributed by atoms with Gasteiger partial charge in [-0.2, -0.15) is 13.2 Å². The molecule has 2 aromatic heterocycles. The van der Waals surface area contributed by atoms with Gasteiger partial charge in [-0.05, 0) is 55.7 Å². The molecule has 12 heteroatoms. The molecule has 9 nitrogen and oxygen atoms in total. The number of benzene rings is 2. The fraction of sp³-hybridized carbons (Fsp3) is 0.286. The quantitative estimate of drug-likeness (QED) is 0.356. The summed E-state index contributed by atoms with van der Waals surface area (Å²) in [6.07, 6.45) is -2.97. The standard InChI is InChI=1S/C28H26F3N5O4/c1-15(32)25-24(26(38)33-14-22(37)36-13-5-7-16-6-3-4-8-19(16)36)35-27(40-25)18-9-11-20(39-2)23-17(18)10-12-21(34-23)28(29,30)31/h3-4,6,8-12,15H,5,7,13-14,32H2,1-2H3,(H,33,38)/t15-/m0/s1. The number of anilines is 1. The highest BCUT2D eigenvalue weighted by atomic mass is 19.4. The first kappa shape index (κ1) is 27.1. The van der Waals surface area contributed by atoms with Gasteiger partial charge in [-0.15, -0.1) is 0 Å². The van der Waals surface area contributed by atoms with E-state index in [1.54, 1.807) is 17.9 Å². The Hall–Kier alpha value is -4.45. The fourth-order valence-electron chi connectivity index (χ4n) is 4.75. The highest BCUT2D eigenvalue weighted by Crippen LogP contribution is 2.37. The predicted molar refractivity (Wildman–Crippen MR) is 141 cm³/mol. The van der Waals surface area contributed by atoms with Crippen LogP contribution in [-0.2, 0) is 17.4 Å². The molecule has 3 heterocycles. The lowest BCUT2D eigenvalue weighted by Gasteiger charge is -2.29. The SMILES string of the molecule is COc1ccc(-c2nc(C(=O)NCC(=O)N3CCCc4ccccc43)c([C@H](C)N)o2)c2ccc(C(F)(F)F)nc12. The first-order valence-corrected chi connectivity index (χ1v) is 12.6. The Balaban J connectivity index is 1.44. The third kappa shape index (κ3) is 5.09. The molecule has 0 radical (unpaired) electrons. The Morgan fingerprint density at radius 3 is 2.65 bits per heavy atom. The van der Waals surface area contributed by atoms with Crippen molar-refractivity contribution in [3.63, 3.8) is 0 Å². The number of para-hydroxylation sites is 1. The molecule has 2 amide bonds. The molecular weight excluding hydrogens is 527 g/mol. The van der Waals surface area contributed by atoms with Crippen LogP contribution in [0.5, 0.6) is 5.75 Å². The number of nitrogens with one attached hydrogen (secondary N) is 1. The number of pyridine rings is 1. The number of hydrogen-bond donors (Lipinski definition) is 2. The molecule has 0 saturated heterocycles. The zero-order valence-electron chi connectivity index (χ0n) is 21.7. The van der Waals surface area contributed by atoms with E-state index in [9.17, 15) is 22.8 Å². The van der Waals surface area contributed by atoms with E-state index in [0.717, 1.165) is 30.2 Å². The lowest BCUT2D eigenvalue weighted by molar-refractivity contribution is -0.141. The zero-order chi connectivity index (χ0) is 28.6. The second-order valence-corrected chi connectivity index (χ2v) is 9.39. The molecule has 0 aliphatic carbocycles.